The van der Waals surface area contributed by atoms with Gasteiger partial charge < -0.3 is 10.2 Å². The number of nitrogens with zero attached hydrogens (tertiary/aromatic N) is 3. The lowest BCUT2D eigenvalue weighted by Crippen LogP contribution is -2.20. The molecule has 0 spiro atoms. The molecule has 4 aromatic rings. The molecule has 12 heteroatoms. The summed E-state index contributed by atoms with van der Waals surface area (Å²) in [6.45, 7) is 2.34. The fourth-order valence-electron chi connectivity index (χ4n) is 3.60. The lowest BCUT2D eigenvalue weighted by atomic mass is 9.97. The lowest BCUT2D eigenvalue weighted by Gasteiger charge is -2.17. The van der Waals surface area contributed by atoms with E-state index in [-0.39, 0.29) is 16.2 Å². The average Bonchev–Trinajstić information content (AvgIpc) is 3.37. The second-order valence-electron chi connectivity index (χ2n) is 7.11. The zero-order valence-electron chi connectivity index (χ0n) is 17.0. The number of hydrogen-bond donors (Lipinski definition) is 2. The van der Waals surface area contributed by atoms with E-state index < -0.39 is 32.5 Å². The third kappa shape index (κ3) is 4.16. The SMILES string of the molecule is C[C@H](c1ccccc1CCCN)n1c(=O)oc2cc(S(=O)(=O)Nc3ncns3)c(F)cc21. The molecule has 0 amide bonds. The first kappa shape index (κ1) is 22.1. The molecule has 0 aliphatic heterocycles. The van der Waals surface area contributed by atoms with E-state index in [2.05, 4.69) is 14.1 Å². The summed E-state index contributed by atoms with van der Waals surface area (Å²) in [4.78, 5) is 15.8. The molecular formula is C20H20FN5O4S2. The zero-order valence-corrected chi connectivity index (χ0v) is 18.6. The number of oxazole rings is 1. The fourth-order valence-corrected chi connectivity index (χ4v) is 5.33. The molecular weight excluding hydrogens is 457 g/mol. The number of anilines is 1. The van der Waals surface area contributed by atoms with Crippen molar-refractivity contribution in [2.45, 2.75) is 30.7 Å². The summed E-state index contributed by atoms with van der Waals surface area (Å²) in [5.41, 5.74) is 7.64. The number of halogens is 1. The number of nitrogens with one attached hydrogen (secondary N) is 1. The molecule has 4 rings (SSSR count). The van der Waals surface area contributed by atoms with Gasteiger partial charge >= 0.3 is 5.76 Å². The molecule has 168 valence electrons. The highest BCUT2D eigenvalue weighted by molar-refractivity contribution is 7.93. The third-order valence-electron chi connectivity index (χ3n) is 5.08. The number of aromatic nitrogens is 3. The summed E-state index contributed by atoms with van der Waals surface area (Å²) < 4.78 is 52.6. The lowest BCUT2D eigenvalue weighted by molar-refractivity contribution is 0.488. The van der Waals surface area contributed by atoms with Gasteiger partial charge in [-0.2, -0.15) is 4.37 Å². The van der Waals surface area contributed by atoms with Crippen molar-refractivity contribution < 1.29 is 17.2 Å². The highest BCUT2D eigenvalue weighted by Gasteiger charge is 2.26. The zero-order chi connectivity index (χ0) is 22.9. The molecule has 32 heavy (non-hydrogen) atoms. The minimum absolute atomic E-state index is 0.00812. The van der Waals surface area contributed by atoms with E-state index in [4.69, 9.17) is 10.2 Å². The van der Waals surface area contributed by atoms with E-state index in [0.29, 0.717) is 6.54 Å². The Morgan fingerprint density at radius 3 is 2.81 bits per heavy atom. The Kier molecular flexibility index (Phi) is 6.09. The van der Waals surface area contributed by atoms with Crippen molar-refractivity contribution in [1.29, 1.82) is 0 Å². The molecule has 9 nitrogen and oxygen atoms in total. The van der Waals surface area contributed by atoms with Gasteiger partial charge in [0.1, 0.15) is 17.0 Å². The van der Waals surface area contributed by atoms with Crippen molar-refractivity contribution in [2.24, 2.45) is 5.73 Å². The van der Waals surface area contributed by atoms with E-state index in [1.165, 1.54) is 10.9 Å². The number of nitrogens with two attached hydrogens (primary N) is 1. The molecule has 2 aromatic heterocycles. The topological polar surface area (TPSA) is 133 Å². The average molecular weight is 478 g/mol. The summed E-state index contributed by atoms with van der Waals surface area (Å²) in [5.74, 6) is -1.74. The van der Waals surface area contributed by atoms with Gasteiger partial charge in [-0.3, -0.25) is 9.29 Å². The van der Waals surface area contributed by atoms with Crippen LogP contribution in [0.2, 0.25) is 0 Å². The summed E-state index contributed by atoms with van der Waals surface area (Å²) in [6.07, 6.45) is 2.69. The predicted molar refractivity (Wildman–Crippen MR) is 119 cm³/mol. The Balaban J connectivity index is 1.78. The molecule has 1 atom stereocenters. The number of hydrogen-bond acceptors (Lipinski definition) is 8. The molecule has 0 bridgehead atoms. The number of benzene rings is 2. The highest BCUT2D eigenvalue weighted by Crippen LogP contribution is 2.29. The van der Waals surface area contributed by atoms with Gasteiger partial charge in [-0.15, -0.1) is 0 Å². The summed E-state index contributed by atoms with van der Waals surface area (Å²) in [5, 5.41) is -0.00812. The molecule has 2 aromatic carbocycles. The predicted octanol–water partition coefficient (Wildman–Crippen LogP) is 2.89. The molecule has 0 radical (unpaired) electrons. The van der Waals surface area contributed by atoms with Gasteiger partial charge in [-0.25, -0.2) is 22.6 Å². The summed E-state index contributed by atoms with van der Waals surface area (Å²) in [7, 11) is -4.30. The molecule has 0 unspecified atom stereocenters. The molecule has 0 saturated carbocycles. The van der Waals surface area contributed by atoms with Crippen LogP contribution in [0.15, 0.2) is 56.8 Å². The third-order valence-corrected chi connectivity index (χ3v) is 7.15. The normalized spacial score (nSPS) is 12.8. The molecule has 0 saturated heterocycles. The van der Waals surface area contributed by atoms with Crippen LogP contribution in [0.4, 0.5) is 9.52 Å². The van der Waals surface area contributed by atoms with Gasteiger partial charge in [0.25, 0.3) is 10.0 Å². The molecule has 0 aliphatic carbocycles. The summed E-state index contributed by atoms with van der Waals surface area (Å²) >= 11 is 0.810. The smallest absolute Gasteiger partial charge is 0.408 e. The van der Waals surface area contributed by atoms with Gasteiger partial charge in [0.05, 0.1) is 11.6 Å². The van der Waals surface area contributed by atoms with Crippen LogP contribution in [0.5, 0.6) is 0 Å². The highest BCUT2D eigenvalue weighted by atomic mass is 32.2. The van der Waals surface area contributed by atoms with Crippen LogP contribution in [-0.4, -0.2) is 28.9 Å². The van der Waals surface area contributed by atoms with Crippen LogP contribution >= 0.6 is 11.5 Å². The van der Waals surface area contributed by atoms with Gasteiger partial charge in [-0.05, 0) is 37.4 Å². The van der Waals surface area contributed by atoms with E-state index in [1.807, 2.05) is 24.3 Å². The van der Waals surface area contributed by atoms with E-state index in [1.54, 1.807) is 6.92 Å². The first-order chi connectivity index (χ1) is 15.3. The standard InChI is InChI=1S/C20H20FN5O4S2/c1-12(14-7-3-2-5-13(14)6-4-8-22)26-16-9-15(21)18(10-17(16)30-20(26)27)32(28,29)25-19-23-11-24-31-19/h2-3,5,7,9-12H,4,6,8,22H2,1H3,(H,23,24,25)/t12-/m1/s1. The Morgan fingerprint density at radius 2 is 2.09 bits per heavy atom. The van der Waals surface area contributed by atoms with Gasteiger partial charge in [0, 0.05) is 23.7 Å². The minimum atomic E-state index is -4.30. The van der Waals surface area contributed by atoms with Crippen molar-refractivity contribution in [1.82, 2.24) is 13.9 Å². The monoisotopic (exact) mass is 477 g/mol. The van der Waals surface area contributed by atoms with Crippen molar-refractivity contribution in [2.75, 3.05) is 11.3 Å². The second kappa shape index (κ2) is 8.81. The van der Waals surface area contributed by atoms with Crippen LogP contribution in [0.1, 0.15) is 30.5 Å². The number of fused-ring (bicyclic) bond motifs is 1. The molecule has 2 heterocycles. The number of rotatable bonds is 8. The van der Waals surface area contributed by atoms with Gasteiger partial charge in [0.2, 0.25) is 5.13 Å². The molecule has 0 aliphatic rings. The van der Waals surface area contributed by atoms with Gasteiger partial charge in [-0.1, -0.05) is 24.3 Å². The Hall–Kier alpha value is -3.09. The van der Waals surface area contributed by atoms with Crippen LogP contribution in [0.25, 0.3) is 11.1 Å². The quantitative estimate of drug-likeness (QED) is 0.399. The second-order valence-corrected chi connectivity index (χ2v) is 9.54. The van der Waals surface area contributed by atoms with E-state index in [0.717, 1.165) is 47.6 Å². The first-order valence-corrected chi connectivity index (χ1v) is 12.0. The van der Waals surface area contributed by atoms with Crippen molar-refractivity contribution in [3.05, 3.63) is 70.2 Å². The Morgan fingerprint density at radius 1 is 1.31 bits per heavy atom. The Labute approximate surface area is 186 Å². The van der Waals surface area contributed by atoms with Crippen molar-refractivity contribution in [3.63, 3.8) is 0 Å². The maximum atomic E-state index is 14.9. The maximum Gasteiger partial charge on any atom is 0.420 e. The first-order valence-electron chi connectivity index (χ1n) is 9.73. The van der Waals surface area contributed by atoms with Crippen LogP contribution in [-0.2, 0) is 16.4 Å². The van der Waals surface area contributed by atoms with E-state index in [9.17, 15) is 17.6 Å². The summed E-state index contributed by atoms with van der Waals surface area (Å²) in [6, 6.07) is 9.13. The molecule has 3 N–H and O–H groups in total. The largest absolute Gasteiger partial charge is 0.420 e. The van der Waals surface area contributed by atoms with Crippen LogP contribution in [0, 0.1) is 5.82 Å². The van der Waals surface area contributed by atoms with Crippen molar-refractivity contribution >= 4 is 37.8 Å². The van der Waals surface area contributed by atoms with Gasteiger partial charge in [0.15, 0.2) is 5.58 Å². The molecule has 0 fully saturated rings. The van der Waals surface area contributed by atoms with Crippen LogP contribution < -0.4 is 16.2 Å². The Bertz CT molecular complexity index is 1410. The number of aryl methyl sites for hydroxylation is 1. The minimum Gasteiger partial charge on any atom is -0.408 e. The van der Waals surface area contributed by atoms with E-state index >= 15 is 0 Å². The fraction of sp³-hybridized carbons (Fsp3) is 0.250. The maximum absolute atomic E-state index is 14.9. The van der Waals surface area contributed by atoms with Crippen LogP contribution in [0.3, 0.4) is 0 Å². The van der Waals surface area contributed by atoms with Crippen molar-refractivity contribution in [3.8, 4) is 0 Å². The number of sulfonamides is 1.